The number of hydrogen-bond donors (Lipinski definition) is 0. The van der Waals surface area contributed by atoms with E-state index in [1.807, 2.05) is 0 Å². The molecule has 0 spiro atoms. The average molecular weight is 341 g/mol. The molecule has 0 aliphatic rings. The maximum atomic E-state index is 13.9. The van der Waals surface area contributed by atoms with Gasteiger partial charge in [-0.2, -0.15) is 0 Å². The maximum absolute atomic E-state index is 13.9. The van der Waals surface area contributed by atoms with Crippen LogP contribution in [0, 0.1) is 5.82 Å². The van der Waals surface area contributed by atoms with Gasteiger partial charge in [0.2, 0.25) is 0 Å². The molecule has 0 aliphatic carbocycles. The number of aromatic nitrogens is 2. The van der Waals surface area contributed by atoms with Gasteiger partial charge in [-0.15, -0.1) is 11.8 Å². The van der Waals surface area contributed by atoms with Crippen molar-refractivity contribution in [2.75, 3.05) is 12.4 Å². The summed E-state index contributed by atoms with van der Waals surface area (Å²) in [5, 5.41) is 0.259. The van der Waals surface area contributed by atoms with Gasteiger partial charge in [0.1, 0.15) is 16.5 Å². The Hall–Kier alpha value is -1.66. The number of hydrogen-bond acceptors (Lipinski definition) is 5. The van der Waals surface area contributed by atoms with E-state index < -0.39 is 5.82 Å². The second kappa shape index (κ2) is 8.10. The van der Waals surface area contributed by atoms with Crippen molar-refractivity contribution >= 4 is 29.3 Å². The standard InChI is InChI=1S/C15H14ClFN2O2S/c1-2-21-13(20)7-9-22-11-5-6-12(16)19-15(11)14-10(17)4-3-8-18-14/h3-6,8H,2,7,9H2,1H3. The number of ether oxygens (including phenoxy) is 1. The van der Waals surface area contributed by atoms with E-state index >= 15 is 0 Å². The Labute approximate surface area is 137 Å². The predicted molar refractivity (Wildman–Crippen MR) is 84.4 cm³/mol. The van der Waals surface area contributed by atoms with E-state index in [1.165, 1.54) is 30.1 Å². The first-order valence-corrected chi connectivity index (χ1v) is 8.04. The average Bonchev–Trinajstić information content (AvgIpc) is 2.49. The Balaban J connectivity index is 2.18. The first-order valence-electron chi connectivity index (χ1n) is 6.67. The number of rotatable bonds is 6. The topological polar surface area (TPSA) is 52.1 Å². The van der Waals surface area contributed by atoms with Gasteiger partial charge >= 0.3 is 5.97 Å². The molecule has 0 aliphatic heterocycles. The van der Waals surface area contributed by atoms with Crippen LogP contribution in [-0.4, -0.2) is 28.3 Å². The van der Waals surface area contributed by atoms with E-state index in [-0.39, 0.29) is 23.2 Å². The first-order chi connectivity index (χ1) is 10.6. The molecule has 2 rings (SSSR count). The molecule has 0 radical (unpaired) electrons. The lowest BCUT2D eigenvalue weighted by molar-refractivity contribution is -0.142. The molecule has 0 bridgehead atoms. The third kappa shape index (κ3) is 4.42. The summed E-state index contributed by atoms with van der Waals surface area (Å²) >= 11 is 7.28. The number of nitrogens with zero attached hydrogens (tertiary/aromatic N) is 2. The van der Waals surface area contributed by atoms with Gasteiger partial charge in [-0.25, -0.2) is 9.37 Å². The molecular formula is C15H14ClFN2O2S. The molecule has 22 heavy (non-hydrogen) atoms. The zero-order valence-electron chi connectivity index (χ0n) is 11.9. The van der Waals surface area contributed by atoms with Crippen molar-refractivity contribution in [2.45, 2.75) is 18.2 Å². The minimum atomic E-state index is -0.468. The van der Waals surface area contributed by atoms with Crippen LogP contribution in [0.25, 0.3) is 11.4 Å². The zero-order valence-corrected chi connectivity index (χ0v) is 13.5. The van der Waals surface area contributed by atoms with Crippen molar-refractivity contribution < 1.29 is 13.9 Å². The molecule has 0 atom stereocenters. The summed E-state index contributed by atoms with van der Waals surface area (Å²) in [6, 6.07) is 6.20. The maximum Gasteiger partial charge on any atom is 0.306 e. The monoisotopic (exact) mass is 340 g/mol. The minimum Gasteiger partial charge on any atom is -0.466 e. The summed E-state index contributed by atoms with van der Waals surface area (Å²) in [6.07, 6.45) is 1.76. The van der Waals surface area contributed by atoms with Crippen LogP contribution < -0.4 is 0 Å². The van der Waals surface area contributed by atoms with Gasteiger partial charge in [-0.3, -0.25) is 9.78 Å². The summed E-state index contributed by atoms with van der Waals surface area (Å²) in [5.74, 6) is -0.226. The quantitative estimate of drug-likeness (QED) is 0.452. The van der Waals surface area contributed by atoms with E-state index in [4.69, 9.17) is 16.3 Å². The molecule has 0 fully saturated rings. The van der Waals surface area contributed by atoms with Crippen LogP contribution in [0.3, 0.4) is 0 Å². The highest BCUT2D eigenvalue weighted by molar-refractivity contribution is 7.99. The van der Waals surface area contributed by atoms with Crippen molar-refractivity contribution in [1.82, 2.24) is 9.97 Å². The van der Waals surface area contributed by atoms with Crippen molar-refractivity contribution in [3.63, 3.8) is 0 Å². The van der Waals surface area contributed by atoms with Crippen LogP contribution in [0.15, 0.2) is 35.4 Å². The molecule has 0 aromatic carbocycles. The molecule has 2 heterocycles. The Morgan fingerprint density at radius 3 is 2.91 bits per heavy atom. The number of esters is 1. The Morgan fingerprint density at radius 1 is 1.36 bits per heavy atom. The SMILES string of the molecule is CCOC(=O)CCSc1ccc(Cl)nc1-c1ncccc1F. The van der Waals surface area contributed by atoms with E-state index in [0.29, 0.717) is 22.9 Å². The fourth-order valence-corrected chi connectivity index (χ4v) is 2.83. The largest absolute Gasteiger partial charge is 0.466 e. The summed E-state index contributed by atoms with van der Waals surface area (Å²) in [7, 11) is 0. The number of pyridine rings is 2. The third-order valence-electron chi connectivity index (χ3n) is 2.68. The molecule has 0 amide bonds. The highest BCUT2D eigenvalue weighted by Crippen LogP contribution is 2.31. The lowest BCUT2D eigenvalue weighted by Gasteiger charge is -2.09. The van der Waals surface area contributed by atoms with Gasteiger partial charge in [0, 0.05) is 16.8 Å². The van der Waals surface area contributed by atoms with Crippen LogP contribution >= 0.6 is 23.4 Å². The highest BCUT2D eigenvalue weighted by Gasteiger charge is 2.14. The molecule has 0 N–H and O–H groups in total. The molecule has 4 nitrogen and oxygen atoms in total. The second-order valence-electron chi connectivity index (χ2n) is 4.22. The Morgan fingerprint density at radius 2 is 2.18 bits per heavy atom. The Bertz CT molecular complexity index is 670. The van der Waals surface area contributed by atoms with Gasteiger partial charge in [0.15, 0.2) is 5.82 Å². The van der Waals surface area contributed by atoms with E-state index in [9.17, 15) is 9.18 Å². The van der Waals surface area contributed by atoms with Crippen LogP contribution in [0.2, 0.25) is 5.15 Å². The summed E-state index contributed by atoms with van der Waals surface area (Å²) in [5.41, 5.74) is 0.517. The zero-order chi connectivity index (χ0) is 15.9. The predicted octanol–water partition coefficient (Wildman–Crippen LogP) is 3.98. The molecule has 2 aromatic rings. The van der Waals surface area contributed by atoms with Gasteiger partial charge in [-0.1, -0.05) is 11.6 Å². The van der Waals surface area contributed by atoms with Gasteiger partial charge in [0.25, 0.3) is 0 Å². The minimum absolute atomic E-state index is 0.142. The fourth-order valence-electron chi connectivity index (χ4n) is 1.75. The molecular weight excluding hydrogens is 327 g/mol. The normalized spacial score (nSPS) is 10.5. The molecule has 0 saturated carbocycles. The summed E-state index contributed by atoms with van der Waals surface area (Å²) in [4.78, 5) is 20.3. The molecule has 0 unspecified atom stereocenters. The number of thioether (sulfide) groups is 1. The number of carbonyl (C=O) groups is 1. The molecule has 2 aromatic heterocycles. The van der Waals surface area contributed by atoms with Gasteiger partial charge in [-0.05, 0) is 31.2 Å². The summed E-state index contributed by atoms with van der Waals surface area (Å²) in [6.45, 7) is 2.12. The van der Waals surface area contributed by atoms with E-state index in [0.717, 1.165) is 0 Å². The molecule has 116 valence electrons. The summed E-state index contributed by atoms with van der Waals surface area (Å²) < 4.78 is 18.8. The first kappa shape index (κ1) is 16.7. The van der Waals surface area contributed by atoms with Crippen LogP contribution in [0.1, 0.15) is 13.3 Å². The van der Waals surface area contributed by atoms with Gasteiger partial charge in [0.05, 0.1) is 13.0 Å². The number of carbonyl (C=O) groups excluding carboxylic acids is 1. The lowest BCUT2D eigenvalue weighted by Crippen LogP contribution is -2.04. The number of halogens is 2. The van der Waals surface area contributed by atoms with Crippen molar-refractivity contribution in [1.29, 1.82) is 0 Å². The second-order valence-corrected chi connectivity index (χ2v) is 5.74. The van der Waals surface area contributed by atoms with Crippen molar-refractivity contribution in [3.8, 4) is 11.4 Å². The highest BCUT2D eigenvalue weighted by atomic mass is 35.5. The van der Waals surface area contributed by atoms with E-state index in [1.54, 1.807) is 19.1 Å². The van der Waals surface area contributed by atoms with Crippen LogP contribution in [0.5, 0.6) is 0 Å². The van der Waals surface area contributed by atoms with Gasteiger partial charge < -0.3 is 4.74 Å². The fraction of sp³-hybridized carbons (Fsp3) is 0.267. The van der Waals surface area contributed by atoms with Crippen molar-refractivity contribution in [3.05, 3.63) is 41.4 Å². The Kier molecular flexibility index (Phi) is 6.15. The third-order valence-corrected chi connectivity index (χ3v) is 3.94. The smallest absolute Gasteiger partial charge is 0.306 e. The van der Waals surface area contributed by atoms with Crippen molar-refractivity contribution in [2.24, 2.45) is 0 Å². The molecule has 7 heteroatoms. The van der Waals surface area contributed by atoms with Crippen LogP contribution in [0.4, 0.5) is 4.39 Å². The van der Waals surface area contributed by atoms with Crippen LogP contribution in [-0.2, 0) is 9.53 Å². The molecule has 0 saturated heterocycles. The van der Waals surface area contributed by atoms with E-state index in [2.05, 4.69) is 9.97 Å². The lowest BCUT2D eigenvalue weighted by atomic mass is 10.2.